The first-order valence-electron chi connectivity index (χ1n) is 9.65. The van der Waals surface area contributed by atoms with Gasteiger partial charge in [0.25, 0.3) is 11.8 Å². The van der Waals surface area contributed by atoms with Gasteiger partial charge in [-0.25, -0.2) is 4.79 Å². The Kier molecular flexibility index (Phi) is 5.28. The van der Waals surface area contributed by atoms with Crippen molar-refractivity contribution in [3.05, 3.63) is 63.9 Å². The third kappa shape index (κ3) is 3.56. The van der Waals surface area contributed by atoms with E-state index >= 15 is 0 Å². The monoisotopic (exact) mass is 418 g/mol. The Hall–Kier alpha value is -3.96. The van der Waals surface area contributed by atoms with Gasteiger partial charge in [-0.2, -0.15) is 5.26 Å². The Labute approximate surface area is 177 Å². The summed E-state index contributed by atoms with van der Waals surface area (Å²) in [5.41, 5.74) is 2.41. The summed E-state index contributed by atoms with van der Waals surface area (Å²) >= 11 is 0. The number of imide groups is 1. The van der Waals surface area contributed by atoms with Crippen molar-refractivity contribution >= 4 is 23.9 Å². The van der Waals surface area contributed by atoms with Crippen LogP contribution in [-0.2, 0) is 20.9 Å². The van der Waals surface area contributed by atoms with Crippen molar-refractivity contribution < 1.29 is 28.6 Å². The fourth-order valence-electron chi connectivity index (χ4n) is 3.58. The van der Waals surface area contributed by atoms with Crippen LogP contribution in [0.25, 0.3) is 17.4 Å². The molecule has 0 radical (unpaired) electrons. The number of aliphatic hydroxyl groups is 1. The number of cyclic esters (lactones) is 1. The number of ether oxygens (including phenoxy) is 1. The SMILES string of the molecule is CC1=C(C#N)C(=O)N(CCCO)C(=O)/C1=C/c1ccc(-c2ccc3c(c2)COC3=O)o1. The molecule has 1 aromatic heterocycles. The van der Waals surface area contributed by atoms with Crippen LogP contribution >= 0.6 is 0 Å². The van der Waals surface area contributed by atoms with Gasteiger partial charge in [0.15, 0.2) is 0 Å². The molecule has 0 spiro atoms. The van der Waals surface area contributed by atoms with Crippen LogP contribution in [-0.4, -0.2) is 40.9 Å². The second-order valence-electron chi connectivity index (χ2n) is 7.16. The molecule has 8 nitrogen and oxygen atoms in total. The van der Waals surface area contributed by atoms with Crippen molar-refractivity contribution in [2.24, 2.45) is 0 Å². The number of aliphatic hydroxyl groups excluding tert-OH is 1. The lowest BCUT2D eigenvalue weighted by Gasteiger charge is -2.27. The van der Waals surface area contributed by atoms with Crippen LogP contribution in [0.15, 0.2) is 51.5 Å². The highest BCUT2D eigenvalue weighted by molar-refractivity contribution is 6.19. The van der Waals surface area contributed by atoms with Crippen LogP contribution in [0.1, 0.15) is 35.0 Å². The molecule has 0 saturated heterocycles. The lowest BCUT2D eigenvalue weighted by Crippen LogP contribution is -2.43. The molecule has 8 heteroatoms. The maximum absolute atomic E-state index is 12.9. The predicted octanol–water partition coefficient (Wildman–Crippen LogP) is 2.59. The topological polar surface area (TPSA) is 121 Å². The first-order chi connectivity index (χ1) is 14.9. The maximum Gasteiger partial charge on any atom is 0.338 e. The molecule has 1 aromatic carbocycles. The van der Waals surface area contributed by atoms with Crippen molar-refractivity contribution in [2.75, 3.05) is 13.2 Å². The molecule has 0 fully saturated rings. The minimum Gasteiger partial charge on any atom is -0.457 e. The number of furan rings is 1. The second kappa shape index (κ2) is 8.05. The van der Waals surface area contributed by atoms with Crippen molar-refractivity contribution in [1.29, 1.82) is 5.26 Å². The highest BCUT2D eigenvalue weighted by Crippen LogP contribution is 2.31. The third-order valence-electron chi connectivity index (χ3n) is 5.25. The Morgan fingerprint density at radius 3 is 2.74 bits per heavy atom. The van der Waals surface area contributed by atoms with Gasteiger partial charge in [0.2, 0.25) is 0 Å². The molecule has 3 heterocycles. The van der Waals surface area contributed by atoms with E-state index in [1.807, 2.05) is 12.1 Å². The number of esters is 1. The highest BCUT2D eigenvalue weighted by Gasteiger charge is 2.35. The summed E-state index contributed by atoms with van der Waals surface area (Å²) in [4.78, 5) is 37.9. The smallest absolute Gasteiger partial charge is 0.338 e. The number of carbonyl (C=O) groups is 3. The van der Waals surface area contributed by atoms with E-state index in [0.717, 1.165) is 16.0 Å². The molecule has 2 aliphatic heterocycles. The minimum atomic E-state index is -0.661. The molecule has 0 unspecified atom stereocenters. The van der Waals surface area contributed by atoms with Gasteiger partial charge in [0.05, 0.1) is 5.56 Å². The van der Waals surface area contributed by atoms with E-state index in [9.17, 15) is 19.6 Å². The van der Waals surface area contributed by atoms with Crippen molar-refractivity contribution in [2.45, 2.75) is 20.0 Å². The van der Waals surface area contributed by atoms with Crippen LogP contribution in [0.2, 0.25) is 0 Å². The van der Waals surface area contributed by atoms with Gasteiger partial charge in [0, 0.05) is 29.9 Å². The van der Waals surface area contributed by atoms with Gasteiger partial charge >= 0.3 is 5.97 Å². The van der Waals surface area contributed by atoms with E-state index in [-0.39, 0.29) is 48.9 Å². The van der Waals surface area contributed by atoms with E-state index in [4.69, 9.17) is 14.3 Å². The maximum atomic E-state index is 12.9. The zero-order valence-electron chi connectivity index (χ0n) is 16.7. The van der Waals surface area contributed by atoms with Crippen molar-refractivity contribution in [3.63, 3.8) is 0 Å². The quantitative estimate of drug-likeness (QED) is 0.450. The molecular formula is C23H18N2O6. The molecule has 0 saturated carbocycles. The van der Waals surface area contributed by atoms with E-state index in [1.165, 1.54) is 6.08 Å². The first-order valence-corrected chi connectivity index (χ1v) is 9.65. The van der Waals surface area contributed by atoms with Gasteiger partial charge < -0.3 is 14.3 Å². The van der Waals surface area contributed by atoms with E-state index in [2.05, 4.69) is 0 Å². The molecule has 0 aliphatic carbocycles. The number of hydrogen-bond acceptors (Lipinski definition) is 7. The number of fused-ring (bicyclic) bond motifs is 1. The Morgan fingerprint density at radius 2 is 2.00 bits per heavy atom. The van der Waals surface area contributed by atoms with E-state index in [0.29, 0.717) is 17.1 Å². The highest BCUT2D eigenvalue weighted by atomic mass is 16.5. The van der Waals surface area contributed by atoms with Gasteiger partial charge in [0.1, 0.15) is 29.8 Å². The van der Waals surface area contributed by atoms with Crippen LogP contribution in [0.5, 0.6) is 0 Å². The van der Waals surface area contributed by atoms with Crippen LogP contribution in [0, 0.1) is 11.3 Å². The van der Waals surface area contributed by atoms with Gasteiger partial charge in [-0.3, -0.25) is 14.5 Å². The van der Waals surface area contributed by atoms with Gasteiger partial charge in [-0.05, 0) is 49.3 Å². The zero-order valence-corrected chi connectivity index (χ0v) is 16.7. The summed E-state index contributed by atoms with van der Waals surface area (Å²) in [6, 6.07) is 10.5. The molecule has 0 bridgehead atoms. The normalized spacial score (nSPS) is 17.3. The molecule has 2 amide bonds. The molecule has 156 valence electrons. The number of rotatable bonds is 5. The second-order valence-corrected chi connectivity index (χ2v) is 7.16. The first kappa shape index (κ1) is 20.3. The number of amides is 2. The number of carbonyl (C=O) groups excluding carboxylic acids is 3. The molecule has 0 atom stereocenters. The summed E-state index contributed by atoms with van der Waals surface area (Å²) in [5, 5.41) is 18.4. The average molecular weight is 418 g/mol. The van der Waals surface area contributed by atoms with Crippen LogP contribution < -0.4 is 0 Å². The Morgan fingerprint density at radius 1 is 1.19 bits per heavy atom. The van der Waals surface area contributed by atoms with E-state index in [1.54, 1.807) is 31.2 Å². The van der Waals surface area contributed by atoms with Gasteiger partial charge in [-0.1, -0.05) is 6.07 Å². The standard InChI is InChI=1S/C23H18N2O6/c1-13-18(21(27)25(7-2-8-26)22(28)19(13)11-24)10-16-4-6-20(31-16)14-3-5-17-15(9-14)12-30-23(17)29/h3-6,9-10,26H,2,7-8,12H2,1H3/b18-10+. The van der Waals surface area contributed by atoms with Crippen molar-refractivity contribution in [3.8, 4) is 17.4 Å². The van der Waals surface area contributed by atoms with Gasteiger partial charge in [-0.15, -0.1) is 0 Å². The molecular weight excluding hydrogens is 400 g/mol. The Bertz CT molecular complexity index is 1210. The van der Waals surface area contributed by atoms with Crippen LogP contribution in [0.3, 0.4) is 0 Å². The zero-order chi connectivity index (χ0) is 22.1. The van der Waals surface area contributed by atoms with Crippen LogP contribution in [0.4, 0.5) is 0 Å². The fourth-order valence-corrected chi connectivity index (χ4v) is 3.58. The summed E-state index contributed by atoms with van der Waals surface area (Å²) < 4.78 is 10.9. The van der Waals surface area contributed by atoms with Crippen molar-refractivity contribution in [1.82, 2.24) is 4.90 Å². The predicted molar refractivity (Wildman–Crippen MR) is 108 cm³/mol. The largest absolute Gasteiger partial charge is 0.457 e. The number of nitrogens with zero attached hydrogens (tertiary/aromatic N) is 2. The summed E-state index contributed by atoms with van der Waals surface area (Å²) in [7, 11) is 0. The fraction of sp³-hybridized carbons (Fsp3) is 0.217. The molecule has 2 aliphatic rings. The lowest BCUT2D eigenvalue weighted by atomic mass is 9.94. The third-order valence-corrected chi connectivity index (χ3v) is 5.25. The Balaban J connectivity index is 1.68. The summed E-state index contributed by atoms with van der Waals surface area (Å²) in [6.07, 6.45) is 1.72. The number of nitriles is 1. The van der Waals surface area contributed by atoms with E-state index < -0.39 is 11.8 Å². The molecule has 4 rings (SSSR count). The molecule has 1 N–H and O–H groups in total. The molecule has 2 aromatic rings. The summed E-state index contributed by atoms with van der Waals surface area (Å²) in [5.74, 6) is -0.642. The number of hydrogen-bond donors (Lipinski definition) is 1. The number of benzene rings is 1. The summed E-state index contributed by atoms with van der Waals surface area (Å²) in [6.45, 7) is 1.60. The molecule has 31 heavy (non-hydrogen) atoms. The minimum absolute atomic E-state index is 0.0172. The lowest BCUT2D eigenvalue weighted by molar-refractivity contribution is -0.140. The average Bonchev–Trinajstić information content (AvgIpc) is 3.38.